The van der Waals surface area contributed by atoms with E-state index in [1.807, 2.05) is 32.0 Å². The quantitative estimate of drug-likeness (QED) is 0.832. The van der Waals surface area contributed by atoms with E-state index in [9.17, 15) is 4.79 Å². The van der Waals surface area contributed by atoms with Crippen LogP contribution in [0, 0.1) is 0 Å². The second-order valence-electron chi connectivity index (χ2n) is 4.84. The van der Waals surface area contributed by atoms with Crippen LogP contribution in [0.5, 0.6) is 0 Å². The molecule has 1 atom stereocenters. The molecule has 2 rings (SSSR count). The third kappa shape index (κ3) is 1.86. The van der Waals surface area contributed by atoms with Gasteiger partial charge in [0.1, 0.15) is 5.60 Å². The van der Waals surface area contributed by atoms with Gasteiger partial charge in [0.15, 0.2) is 0 Å². The normalized spacial score (nSPS) is 17.4. The lowest BCUT2D eigenvalue weighted by molar-refractivity contribution is -0.138. The molecule has 4 nitrogen and oxygen atoms in total. The van der Waals surface area contributed by atoms with E-state index in [0.29, 0.717) is 13.0 Å². The Morgan fingerprint density at radius 2 is 2.28 bits per heavy atom. The van der Waals surface area contributed by atoms with Gasteiger partial charge in [0.25, 0.3) is 5.91 Å². The second-order valence-corrected chi connectivity index (χ2v) is 4.84. The Labute approximate surface area is 108 Å². The molecule has 0 aliphatic carbocycles. The van der Waals surface area contributed by atoms with Crippen LogP contribution in [0.4, 0.5) is 11.4 Å². The highest BCUT2D eigenvalue weighted by molar-refractivity contribution is 6.01. The van der Waals surface area contributed by atoms with Crippen LogP contribution in [0.2, 0.25) is 0 Å². The van der Waals surface area contributed by atoms with E-state index in [2.05, 4.69) is 0 Å². The number of carbonyl (C=O) groups is 1. The van der Waals surface area contributed by atoms with E-state index in [0.717, 1.165) is 23.4 Å². The topological polar surface area (TPSA) is 55.6 Å². The number of nitrogens with two attached hydrogens (primary N) is 1. The first-order chi connectivity index (χ1) is 8.53. The van der Waals surface area contributed by atoms with Crippen LogP contribution in [0.15, 0.2) is 18.2 Å². The lowest BCUT2D eigenvalue weighted by Gasteiger charge is -2.30. The maximum atomic E-state index is 12.6. The third-order valence-corrected chi connectivity index (χ3v) is 3.89. The van der Waals surface area contributed by atoms with Crippen molar-refractivity contribution < 1.29 is 9.53 Å². The summed E-state index contributed by atoms with van der Waals surface area (Å²) in [6.45, 7) is 4.47. The van der Waals surface area contributed by atoms with E-state index < -0.39 is 5.60 Å². The van der Waals surface area contributed by atoms with Crippen LogP contribution < -0.4 is 10.6 Å². The minimum Gasteiger partial charge on any atom is -0.398 e. The van der Waals surface area contributed by atoms with E-state index >= 15 is 0 Å². The molecular weight excluding hydrogens is 228 g/mol. The summed E-state index contributed by atoms with van der Waals surface area (Å²) in [7, 11) is 1.58. The van der Waals surface area contributed by atoms with Crippen LogP contribution in [0.3, 0.4) is 0 Å². The van der Waals surface area contributed by atoms with Gasteiger partial charge < -0.3 is 15.4 Å². The summed E-state index contributed by atoms with van der Waals surface area (Å²) in [6, 6.07) is 5.71. The maximum Gasteiger partial charge on any atom is 0.258 e. The molecule has 1 unspecified atom stereocenters. The molecule has 1 aliphatic rings. The predicted molar refractivity (Wildman–Crippen MR) is 72.6 cm³/mol. The van der Waals surface area contributed by atoms with E-state index in [4.69, 9.17) is 10.5 Å². The molecule has 1 heterocycles. The molecule has 0 saturated heterocycles. The number of benzene rings is 1. The average Bonchev–Trinajstić information content (AvgIpc) is 2.82. The molecule has 1 aliphatic heterocycles. The Morgan fingerprint density at radius 3 is 2.89 bits per heavy atom. The van der Waals surface area contributed by atoms with E-state index in [-0.39, 0.29) is 5.91 Å². The molecule has 18 heavy (non-hydrogen) atoms. The van der Waals surface area contributed by atoms with Gasteiger partial charge in [0.2, 0.25) is 0 Å². The molecule has 4 heteroatoms. The highest BCUT2D eigenvalue weighted by Gasteiger charge is 2.38. The highest BCUT2D eigenvalue weighted by atomic mass is 16.5. The zero-order chi connectivity index (χ0) is 13.3. The van der Waals surface area contributed by atoms with Crippen molar-refractivity contribution in [3.05, 3.63) is 23.8 Å². The second kappa shape index (κ2) is 4.61. The Balaban J connectivity index is 2.34. The fraction of sp³-hybridized carbons (Fsp3) is 0.500. The van der Waals surface area contributed by atoms with Crippen LogP contribution >= 0.6 is 0 Å². The minimum absolute atomic E-state index is 0.0110. The summed E-state index contributed by atoms with van der Waals surface area (Å²) in [5, 5.41) is 0. The fourth-order valence-corrected chi connectivity index (χ4v) is 2.34. The monoisotopic (exact) mass is 248 g/mol. The highest BCUT2D eigenvalue weighted by Crippen LogP contribution is 2.34. The van der Waals surface area contributed by atoms with Crippen molar-refractivity contribution in [1.29, 1.82) is 0 Å². The first-order valence-electron chi connectivity index (χ1n) is 6.28. The van der Waals surface area contributed by atoms with Crippen molar-refractivity contribution in [3.63, 3.8) is 0 Å². The Morgan fingerprint density at radius 1 is 1.56 bits per heavy atom. The smallest absolute Gasteiger partial charge is 0.258 e. The molecule has 0 saturated carbocycles. The number of hydrogen-bond acceptors (Lipinski definition) is 3. The molecule has 2 N–H and O–H groups in total. The largest absolute Gasteiger partial charge is 0.398 e. The molecule has 1 aromatic carbocycles. The van der Waals surface area contributed by atoms with Crippen molar-refractivity contribution in [1.82, 2.24) is 0 Å². The summed E-state index contributed by atoms with van der Waals surface area (Å²) >= 11 is 0. The van der Waals surface area contributed by atoms with E-state index in [1.165, 1.54) is 0 Å². The van der Waals surface area contributed by atoms with Crippen molar-refractivity contribution >= 4 is 17.3 Å². The van der Waals surface area contributed by atoms with Crippen molar-refractivity contribution in [3.8, 4) is 0 Å². The molecule has 0 aromatic heterocycles. The number of carbonyl (C=O) groups excluding carboxylic acids is 1. The van der Waals surface area contributed by atoms with Gasteiger partial charge in [0, 0.05) is 30.6 Å². The number of amides is 1. The van der Waals surface area contributed by atoms with Gasteiger partial charge in [-0.2, -0.15) is 0 Å². The van der Waals surface area contributed by atoms with Crippen LogP contribution in [-0.4, -0.2) is 25.2 Å². The minimum atomic E-state index is -0.758. The number of fused-ring (bicyclic) bond motifs is 1. The summed E-state index contributed by atoms with van der Waals surface area (Å²) in [6.07, 6.45) is 1.47. The number of hydrogen-bond donors (Lipinski definition) is 1. The lowest BCUT2D eigenvalue weighted by atomic mass is 10.0. The molecule has 0 spiro atoms. The molecule has 0 radical (unpaired) electrons. The Hall–Kier alpha value is -1.55. The molecule has 1 amide bonds. The van der Waals surface area contributed by atoms with Crippen LogP contribution in [-0.2, 0) is 16.0 Å². The Kier molecular flexibility index (Phi) is 3.30. The molecule has 0 bridgehead atoms. The molecule has 98 valence electrons. The predicted octanol–water partition coefficient (Wildman–Crippen LogP) is 1.97. The van der Waals surface area contributed by atoms with Gasteiger partial charge in [0.05, 0.1) is 0 Å². The van der Waals surface area contributed by atoms with Gasteiger partial charge in [-0.05, 0) is 31.9 Å². The standard InChI is InChI=1S/C14H20N2O2/c1-4-14(2,18-3)13(17)16-9-8-10-11(15)6-5-7-12(10)16/h5-7H,4,8-9,15H2,1-3H3. The maximum absolute atomic E-state index is 12.6. The number of nitrogen functional groups attached to an aromatic ring is 1. The van der Waals surface area contributed by atoms with Gasteiger partial charge in [-0.15, -0.1) is 0 Å². The van der Waals surface area contributed by atoms with Gasteiger partial charge >= 0.3 is 0 Å². The Bertz CT molecular complexity index is 467. The van der Waals surface area contributed by atoms with Crippen molar-refractivity contribution in [2.45, 2.75) is 32.3 Å². The first kappa shape index (κ1) is 12.9. The zero-order valence-corrected chi connectivity index (χ0v) is 11.2. The zero-order valence-electron chi connectivity index (χ0n) is 11.2. The SMILES string of the molecule is CCC(C)(OC)C(=O)N1CCc2c(N)cccc21. The number of ether oxygens (including phenoxy) is 1. The molecule has 1 aromatic rings. The number of anilines is 2. The van der Waals surface area contributed by atoms with E-state index in [1.54, 1.807) is 12.0 Å². The summed E-state index contributed by atoms with van der Waals surface area (Å²) < 4.78 is 5.38. The first-order valence-corrected chi connectivity index (χ1v) is 6.28. The fourth-order valence-electron chi connectivity index (χ4n) is 2.34. The van der Waals surface area contributed by atoms with Gasteiger partial charge in [-0.1, -0.05) is 13.0 Å². The number of nitrogens with zero attached hydrogens (tertiary/aromatic N) is 1. The number of methoxy groups -OCH3 is 1. The van der Waals surface area contributed by atoms with Gasteiger partial charge in [-0.3, -0.25) is 4.79 Å². The van der Waals surface area contributed by atoms with Crippen LogP contribution in [0.25, 0.3) is 0 Å². The summed E-state index contributed by atoms with van der Waals surface area (Å²) in [5.41, 5.74) is 7.94. The van der Waals surface area contributed by atoms with Crippen molar-refractivity contribution in [2.24, 2.45) is 0 Å². The lowest BCUT2D eigenvalue weighted by Crippen LogP contribution is -2.47. The molecule has 0 fully saturated rings. The van der Waals surface area contributed by atoms with Crippen LogP contribution in [0.1, 0.15) is 25.8 Å². The van der Waals surface area contributed by atoms with Crippen molar-refractivity contribution in [2.75, 3.05) is 24.3 Å². The van der Waals surface area contributed by atoms with Gasteiger partial charge in [-0.25, -0.2) is 0 Å². The number of rotatable bonds is 3. The third-order valence-electron chi connectivity index (χ3n) is 3.89. The summed E-state index contributed by atoms with van der Waals surface area (Å²) in [4.78, 5) is 14.4. The molecular formula is C14H20N2O2. The average molecular weight is 248 g/mol. The summed E-state index contributed by atoms with van der Waals surface area (Å²) in [5.74, 6) is 0.0110.